The molecule has 0 spiro atoms. The molecule has 0 fully saturated rings. The van der Waals surface area contributed by atoms with Crippen LogP contribution in [-0.2, 0) is 5.54 Å². The van der Waals surface area contributed by atoms with Crippen LogP contribution in [0.15, 0.2) is 36.7 Å². The van der Waals surface area contributed by atoms with Crippen LogP contribution in [-0.4, -0.2) is 11.6 Å². The Morgan fingerprint density at radius 3 is 2.50 bits per heavy atom. The Morgan fingerprint density at radius 2 is 1.85 bits per heavy atom. The van der Waals surface area contributed by atoms with Crippen LogP contribution >= 0.6 is 0 Å². The first-order chi connectivity index (χ1) is 9.45. The summed E-state index contributed by atoms with van der Waals surface area (Å²) >= 11 is 0. The number of hydrogen-bond donors (Lipinski definition) is 1. The molecule has 1 heterocycles. The Hall–Kier alpha value is -1.87. The summed E-state index contributed by atoms with van der Waals surface area (Å²) in [6, 6.07) is 8.29. The van der Waals surface area contributed by atoms with Crippen molar-refractivity contribution < 1.29 is 4.74 Å². The average Bonchev–Trinajstić information content (AvgIpc) is 2.42. The van der Waals surface area contributed by atoms with Gasteiger partial charge in [-0.1, -0.05) is 18.2 Å². The number of aryl methyl sites for hydroxylation is 2. The summed E-state index contributed by atoms with van der Waals surface area (Å²) in [5.74, 6) is 0.755. The zero-order chi connectivity index (χ0) is 14.8. The predicted octanol–water partition coefficient (Wildman–Crippen LogP) is 3.32. The first-order valence-corrected chi connectivity index (χ1v) is 6.90. The number of hydrogen-bond acceptors (Lipinski definition) is 3. The van der Waals surface area contributed by atoms with Gasteiger partial charge in [0.15, 0.2) is 0 Å². The summed E-state index contributed by atoms with van der Waals surface area (Å²) in [6.07, 6.45) is 3.52. The van der Waals surface area contributed by atoms with E-state index in [1.54, 1.807) is 12.4 Å². The van der Waals surface area contributed by atoms with E-state index in [4.69, 9.17) is 10.5 Å². The molecule has 0 amide bonds. The van der Waals surface area contributed by atoms with Crippen LogP contribution in [0.2, 0.25) is 0 Å². The minimum absolute atomic E-state index is 0.585. The summed E-state index contributed by atoms with van der Waals surface area (Å²) in [5.41, 5.74) is 10.5. The zero-order valence-electron chi connectivity index (χ0n) is 12.6. The van der Waals surface area contributed by atoms with Gasteiger partial charge in [0.05, 0.1) is 18.3 Å². The van der Waals surface area contributed by atoms with Crippen molar-refractivity contribution in [3.8, 4) is 5.75 Å². The van der Waals surface area contributed by atoms with Gasteiger partial charge in [-0.3, -0.25) is 4.98 Å². The second-order valence-corrected chi connectivity index (χ2v) is 5.34. The summed E-state index contributed by atoms with van der Waals surface area (Å²) in [6.45, 7) is 8.78. The van der Waals surface area contributed by atoms with E-state index in [2.05, 4.69) is 37.0 Å². The number of pyridine rings is 1. The molecule has 1 unspecified atom stereocenters. The lowest BCUT2D eigenvalue weighted by atomic mass is 9.85. The maximum atomic E-state index is 6.55. The molecule has 106 valence electrons. The fourth-order valence-corrected chi connectivity index (χ4v) is 2.18. The molecule has 2 aromatic rings. The second kappa shape index (κ2) is 5.63. The van der Waals surface area contributed by atoms with E-state index in [1.165, 1.54) is 11.1 Å². The average molecular weight is 270 g/mol. The number of nitrogens with zero attached hydrogens (tertiary/aromatic N) is 1. The van der Waals surface area contributed by atoms with Crippen molar-refractivity contribution in [3.63, 3.8) is 0 Å². The molecule has 0 saturated carbocycles. The molecule has 20 heavy (non-hydrogen) atoms. The van der Waals surface area contributed by atoms with E-state index in [-0.39, 0.29) is 0 Å². The fourth-order valence-electron chi connectivity index (χ4n) is 2.18. The van der Waals surface area contributed by atoms with E-state index in [9.17, 15) is 0 Å². The lowest BCUT2D eigenvalue weighted by Gasteiger charge is -2.26. The number of benzene rings is 1. The van der Waals surface area contributed by atoms with Crippen molar-refractivity contribution in [3.05, 3.63) is 58.9 Å². The van der Waals surface area contributed by atoms with Crippen molar-refractivity contribution in [2.75, 3.05) is 6.61 Å². The van der Waals surface area contributed by atoms with Gasteiger partial charge in [-0.15, -0.1) is 0 Å². The Kier molecular flexibility index (Phi) is 4.09. The van der Waals surface area contributed by atoms with Crippen molar-refractivity contribution in [1.82, 2.24) is 4.98 Å². The molecule has 2 rings (SSSR count). The topological polar surface area (TPSA) is 48.1 Å². The second-order valence-electron chi connectivity index (χ2n) is 5.34. The van der Waals surface area contributed by atoms with Gasteiger partial charge < -0.3 is 10.5 Å². The molecule has 0 radical (unpaired) electrons. The van der Waals surface area contributed by atoms with Crippen molar-refractivity contribution in [2.24, 2.45) is 5.73 Å². The summed E-state index contributed by atoms with van der Waals surface area (Å²) < 4.78 is 5.50. The first-order valence-electron chi connectivity index (χ1n) is 6.90. The maximum absolute atomic E-state index is 6.55. The van der Waals surface area contributed by atoms with Gasteiger partial charge in [0.25, 0.3) is 0 Å². The van der Waals surface area contributed by atoms with E-state index in [0.717, 1.165) is 16.9 Å². The van der Waals surface area contributed by atoms with Crippen LogP contribution in [0.25, 0.3) is 0 Å². The molecule has 3 nitrogen and oxygen atoms in total. The van der Waals surface area contributed by atoms with Gasteiger partial charge >= 0.3 is 0 Å². The molecule has 0 saturated heterocycles. The number of ether oxygens (including phenoxy) is 1. The maximum Gasteiger partial charge on any atom is 0.137 e. The highest BCUT2D eigenvalue weighted by molar-refractivity contribution is 5.41. The third kappa shape index (κ3) is 2.83. The fraction of sp³-hybridized carbons (Fsp3) is 0.353. The van der Waals surface area contributed by atoms with Crippen LogP contribution in [0.5, 0.6) is 5.75 Å². The Balaban J connectivity index is 2.42. The molecule has 0 bridgehead atoms. The minimum atomic E-state index is -0.585. The highest BCUT2D eigenvalue weighted by Crippen LogP contribution is 2.29. The largest absolute Gasteiger partial charge is 0.492 e. The SMILES string of the molecule is CCOc1cncc(C(C)(N)c2ccc(C)c(C)c2)c1. The molecule has 0 aliphatic heterocycles. The van der Waals surface area contributed by atoms with Gasteiger partial charge in [0, 0.05) is 6.20 Å². The highest BCUT2D eigenvalue weighted by Gasteiger charge is 2.25. The molecule has 1 aromatic carbocycles. The van der Waals surface area contributed by atoms with Crippen LogP contribution < -0.4 is 10.5 Å². The Labute approximate surface area is 120 Å². The molecule has 2 N–H and O–H groups in total. The normalized spacial score (nSPS) is 13.8. The van der Waals surface area contributed by atoms with Crippen molar-refractivity contribution in [2.45, 2.75) is 33.2 Å². The first kappa shape index (κ1) is 14.5. The van der Waals surface area contributed by atoms with Gasteiger partial charge in [-0.25, -0.2) is 0 Å². The van der Waals surface area contributed by atoms with Crippen molar-refractivity contribution >= 4 is 0 Å². The smallest absolute Gasteiger partial charge is 0.137 e. The quantitative estimate of drug-likeness (QED) is 0.927. The number of rotatable bonds is 4. The van der Waals surface area contributed by atoms with Crippen LogP contribution in [0.3, 0.4) is 0 Å². The molecule has 0 aliphatic rings. The zero-order valence-corrected chi connectivity index (χ0v) is 12.6. The molecular weight excluding hydrogens is 248 g/mol. The number of nitrogens with two attached hydrogens (primary N) is 1. The highest BCUT2D eigenvalue weighted by atomic mass is 16.5. The molecule has 1 atom stereocenters. The molecular formula is C17H22N2O. The standard InChI is InChI=1S/C17H22N2O/c1-5-20-16-9-15(10-19-11-16)17(4,18)14-7-6-12(2)13(3)8-14/h6-11H,5,18H2,1-4H3. The number of aromatic nitrogens is 1. The van der Waals surface area contributed by atoms with E-state index in [0.29, 0.717) is 6.61 Å². The van der Waals surface area contributed by atoms with Gasteiger partial charge in [-0.2, -0.15) is 0 Å². The third-order valence-corrected chi connectivity index (χ3v) is 3.73. The lowest BCUT2D eigenvalue weighted by Crippen LogP contribution is -2.34. The lowest BCUT2D eigenvalue weighted by molar-refractivity contribution is 0.337. The van der Waals surface area contributed by atoms with Gasteiger partial charge in [0.2, 0.25) is 0 Å². The summed E-state index contributed by atoms with van der Waals surface area (Å²) in [4.78, 5) is 4.23. The third-order valence-electron chi connectivity index (χ3n) is 3.73. The Morgan fingerprint density at radius 1 is 1.10 bits per heavy atom. The molecule has 3 heteroatoms. The molecule has 0 aliphatic carbocycles. The monoisotopic (exact) mass is 270 g/mol. The van der Waals surface area contributed by atoms with Crippen molar-refractivity contribution in [1.29, 1.82) is 0 Å². The summed E-state index contributed by atoms with van der Waals surface area (Å²) in [5, 5.41) is 0. The van der Waals surface area contributed by atoms with Gasteiger partial charge in [-0.05, 0) is 56.0 Å². The summed E-state index contributed by atoms with van der Waals surface area (Å²) in [7, 11) is 0. The predicted molar refractivity (Wildman–Crippen MR) is 82.0 cm³/mol. The van der Waals surface area contributed by atoms with Gasteiger partial charge in [0.1, 0.15) is 5.75 Å². The van der Waals surface area contributed by atoms with Crippen LogP contribution in [0.1, 0.15) is 36.1 Å². The van der Waals surface area contributed by atoms with E-state index >= 15 is 0 Å². The van der Waals surface area contributed by atoms with E-state index < -0.39 is 5.54 Å². The van der Waals surface area contributed by atoms with Crippen LogP contribution in [0.4, 0.5) is 0 Å². The van der Waals surface area contributed by atoms with Crippen LogP contribution in [0, 0.1) is 13.8 Å². The minimum Gasteiger partial charge on any atom is -0.492 e. The molecule has 1 aromatic heterocycles. The Bertz CT molecular complexity index is 606. The van der Waals surface area contributed by atoms with E-state index in [1.807, 2.05) is 19.9 Å².